The van der Waals surface area contributed by atoms with Gasteiger partial charge < -0.3 is 19.9 Å². The Bertz CT molecular complexity index is 156. The number of hydrogen-bond acceptors (Lipinski definition) is 4. The van der Waals surface area contributed by atoms with E-state index < -0.39 is 0 Å². The molecule has 0 aromatic heterocycles. The Labute approximate surface area is 71.9 Å². The second kappa shape index (κ2) is 3.30. The fraction of sp³-hybridized carbons (Fsp3) is 1.00. The van der Waals surface area contributed by atoms with E-state index in [1.54, 1.807) is 0 Å². The van der Waals surface area contributed by atoms with E-state index in [9.17, 15) is 0 Å². The number of piperidine rings is 1. The number of hydrogen-bond donors (Lipinski definition) is 2. The lowest BCUT2D eigenvalue weighted by Gasteiger charge is -2.36. The summed E-state index contributed by atoms with van der Waals surface area (Å²) < 4.78 is 11.1. The highest BCUT2D eigenvalue weighted by Crippen LogP contribution is 2.30. The molecule has 1 spiro atoms. The zero-order valence-electron chi connectivity index (χ0n) is 7.08. The molecule has 2 fully saturated rings. The Hall–Kier alpha value is -0.160. The summed E-state index contributed by atoms with van der Waals surface area (Å²) >= 11 is 0. The van der Waals surface area contributed by atoms with Crippen molar-refractivity contribution in [2.75, 3.05) is 26.4 Å². The minimum Gasteiger partial charge on any atom is -0.395 e. The van der Waals surface area contributed by atoms with E-state index in [4.69, 9.17) is 14.6 Å². The fourth-order valence-electron chi connectivity index (χ4n) is 1.90. The first-order valence-electron chi connectivity index (χ1n) is 4.47. The molecule has 0 aromatic rings. The normalized spacial score (nSPS) is 34.2. The largest absolute Gasteiger partial charge is 0.395 e. The van der Waals surface area contributed by atoms with Gasteiger partial charge in [-0.05, 0) is 0 Å². The molecule has 4 heteroatoms. The number of aliphatic hydroxyl groups is 1. The van der Waals surface area contributed by atoms with Crippen LogP contribution in [0.15, 0.2) is 0 Å². The molecular weight excluding hydrogens is 158 g/mol. The maximum atomic E-state index is 8.96. The van der Waals surface area contributed by atoms with Crippen LogP contribution in [0.1, 0.15) is 12.8 Å². The first kappa shape index (κ1) is 8.44. The van der Waals surface area contributed by atoms with Crippen LogP contribution in [0.3, 0.4) is 0 Å². The van der Waals surface area contributed by atoms with Crippen LogP contribution in [0, 0.1) is 0 Å². The van der Waals surface area contributed by atoms with Crippen molar-refractivity contribution in [1.29, 1.82) is 0 Å². The molecule has 70 valence electrons. The van der Waals surface area contributed by atoms with Crippen LogP contribution in [0.5, 0.6) is 0 Å². The molecule has 1 unspecified atom stereocenters. The quantitative estimate of drug-likeness (QED) is 0.560. The zero-order chi connectivity index (χ0) is 8.44. The summed E-state index contributed by atoms with van der Waals surface area (Å²) in [6.45, 7) is 2.41. The van der Waals surface area contributed by atoms with Crippen LogP contribution < -0.4 is 5.32 Å². The van der Waals surface area contributed by atoms with Gasteiger partial charge in [0.1, 0.15) is 0 Å². The molecule has 12 heavy (non-hydrogen) atoms. The van der Waals surface area contributed by atoms with E-state index in [0.29, 0.717) is 13.2 Å². The van der Waals surface area contributed by atoms with Gasteiger partial charge in [0.05, 0.1) is 19.8 Å². The monoisotopic (exact) mass is 173 g/mol. The molecule has 0 bridgehead atoms. The maximum absolute atomic E-state index is 8.96. The Balaban J connectivity index is 1.97. The molecular formula is C8H15NO3. The van der Waals surface area contributed by atoms with Gasteiger partial charge in [-0.25, -0.2) is 0 Å². The lowest BCUT2D eigenvalue weighted by atomic mass is 9.99. The topological polar surface area (TPSA) is 50.7 Å². The summed E-state index contributed by atoms with van der Waals surface area (Å²) in [4.78, 5) is 0. The molecule has 0 amide bonds. The number of aliphatic hydroxyl groups excluding tert-OH is 1. The van der Waals surface area contributed by atoms with E-state index in [0.717, 1.165) is 19.4 Å². The Morgan fingerprint density at radius 2 is 2.17 bits per heavy atom. The van der Waals surface area contributed by atoms with Crippen molar-refractivity contribution in [3.8, 4) is 0 Å². The van der Waals surface area contributed by atoms with Gasteiger partial charge >= 0.3 is 0 Å². The SMILES string of the molecule is OCC1CC2(CCN1)OCCO2. The fourth-order valence-corrected chi connectivity index (χ4v) is 1.90. The molecule has 0 saturated carbocycles. The van der Waals surface area contributed by atoms with E-state index >= 15 is 0 Å². The van der Waals surface area contributed by atoms with Crippen molar-refractivity contribution >= 4 is 0 Å². The number of rotatable bonds is 1. The van der Waals surface area contributed by atoms with Gasteiger partial charge in [0.25, 0.3) is 0 Å². The summed E-state index contributed by atoms with van der Waals surface area (Å²) in [5.74, 6) is -0.376. The minimum absolute atomic E-state index is 0.136. The van der Waals surface area contributed by atoms with Gasteiger partial charge in [0.15, 0.2) is 5.79 Å². The second-order valence-electron chi connectivity index (χ2n) is 3.40. The highest BCUT2D eigenvalue weighted by Gasteiger charge is 2.40. The minimum atomic E-state index is -0.376. The van der Waals surface area contributed by atoms with Crippen molar-refractivity contribution in [1.82, 2.24) is 5.32 Å². The number of nitrogens with one attached hydrogen (secondary N) is 1. The average Bonchev–Trinajstić information content (AvgIpc) is 2.53. The lowest BCUT2D eigenvalue weighted by Crippen LogP contribution is -2.50. The van der Waals surface area contributed by atoms with Crippen molar-refractivity contribution in [3.05, 3.63) is 0 Å². The Morgan fingerprint density at radius 1 is 1.42 bits per heavy atom. The van der Waals surface area contributed by atoms with E-state index in [2.05, 4.69) is 5.32 Å². The lowest BCUT2D eigenvalue weighted by molar-refractivity contribution is -0.181. The van der Waals surface area contributed by atoms with E-state index in [1.165, 1.54) is 0 Å². The molecule has 4 nitrogen and oxygen atoms in total. The molecule has 2 heterocycles. The number of ether oxygens (including phenoxy) is 2. The van der Waals surface area contributed by atoms with Gasteiger partial charge in [-0.1, -0.05) is 0 Å². The predicted molar refractivity (Wildman–Crippen MR) is 42.7 cm³/mol. The first-order chi connectivity index (χ1) is 5.85. The summed E-state index contributed by atoms with van der Waals surface area (Å²) in [5.41, 5.74) is 0. The Morgan fingerprint density at radius 3 is 2.83 bits per heavy atom. The highest BCUT2D eigenvalue weighted by molar-refractivity contribution is 4.86. The molecule has 2 aliphatic rings. The van der Waals surface area contributed by atoms with Crippen LogP contribution >= 0.6 is 0 Å². The third kappa shape index (κ3) is 1.47. The summed E-state index contributed by atoms with van der Waals surface area (Å²) in [6.07, 6.45) is 1.66. The molecule has 0 aliphatic carbocycles. The van der Waals surface area contributed by atoms with Crippen LogP contribution in [-0.4, -0.2) is 43.3 Å². The summed E-state index contributed by atoms with van der Waals surface area (Å²) in [6, 6.07) is 0.136. The van der Waals surface area contributed by atoms with Crippen LogP contribution in [0.25, 0.3) is 0 Å². The Kier molecular flexibility index (Phi) is 2.32. The first-order valence-corrected chi connectivity index (χ1v) is 4.47. The molecule has 0 radical (unpaired) electrons. The van der Waals surface area contributed by atoms with Gasteiger partial charge in [-0.2, -0.15) is 0 Å². The predicted octanol–water partition coefficient (Wildman–Crippen LogP) is -0.526. The van der Waals surface area contributed by atoms with Crippen molar-refractivity contribution in [2.45, 2.75) is 24.7 Å². The van der Waals surface area contributed by atoms with Crippen molar-refractivity contribution in [2.24, 2.45) is 0 Å². The van der Waals surface area contributed by atoms with Crippen LogP contribution in [-0.2, 0) is 9.47 Å². The summed E-state index contributed by atoms with van der Waals surface area (Å²) in [5, 5.41) is 12.2. The zero-order valence-corrected chi connectivity index (χ0v) is 7.08. The molecule has 0 aromatic carbocycles. The van der Waals surface area contributed by atoms with Crippen LogP contribution in [0.4, 0.5) is 0 Å². The third-order valence-electron chi connectivity index (χ3n) is 2.53. The molecule has 2 saturated heterocycles. The second-order valence-corrected chi connectivity index (χ2v) is 3.40. The van der Waals surface area contributed by atoms with Gasteiger partial charge in [0, 0.05) is 25.4 Å². The van der Waals surface area contributed by atoms with Crippen molar-refractivity contribution in [3.63, 3.8) is 0 Å². The molecule has 2 N–H and O–H groups in total. The van der Waals surface area contributed by atoms with E-state index in [1.807, 2.05) is 0 Å². The standard InChI is InChI=1S/C8H15NO3/c10-6-7-5-8(1-2-9-7)11-3-4-12-8/h7,9-10H,1-6H2. The van der Waals surface area contributed by atoms with Crippen molar-refractivity contribution < 1.29 is 14.6 Å². The third-order valence-corrected chi connectivity index (χ3v) is 2.53. The van der Waals surface area contributed by atoms with Gasteiger partial charge in [-0.3, -0.25) is 0 Å². The molecule has 1 atom stereocenters. The van der Waals surface area contributed by atoms with E-state index in [-0.39, 0.29) is 18.4 Å². The molecule has 2 aliphatic heterocycles. The van der Waals surface area contributed by atoms with Crippen LogP contribution in [0.2, 0.25) is 0 Å². The van der Waals surface area contributed by atoms with Gasteiger partial charge in [-0.15, -0.1) is 0 Å². The average molecular weight is 173 g/mol. The molecule has 2 rings (SSSR count). The summed E-state index contributed by atoms with van der Waals surface area (Å²) in [7, 11) is 0. The highest BCUT2D eigenvalue weighted by atomic mass is 16.7. The maximum Gasteiger partial charge on any atom is 0.171 e. The smallest absolute Gasteiger partial charge is 0.171 e. The van der Waals surface area contributed by atoms with Gasteiger partial charge in [0.2, 0.25) is 0 Å².